The van der Waals surface area contributed by atoms with E-state index in [0.717, 1.165) is 0 Å². The van der Waals surface area contributed by atoms with E-state index in [9.17, 15) is 9.18 Å². The summed E-state index contributed by atoms with van der Waals surface area (Å²) in [6.07, 6.45) is 1.82. The number of anilines is 1. The summed E-state index contributed by atoms with van der Waals surface area (Å²) in [4.78, 5) is 11.8. The predicted molar refractivity (Wildman–Crippen MR) is 75.2 cm³/mol. The Hall–Kier alpha value is -2.96. The lowest BCUT2D eigenvalue weighted by molar-refractivity contribution is 0.251. The highest BCUT2D eigenvalue weighted by atomic mass is 19.1. The number of fused-ring (bicyclic) bond motifs is 1. The van der Waals surface area contributed by atoms with Gasteiger partial charge in [0.25, 0.3) is 0 Å². The number of nitrogens with one attached hydrogen (secondary N) is 2. The normalized spacial score (nSPS) is 10.5. The van der Waals surface area contributed by atoms with E-state index >= 15 is 0 Å². The summed E-state index contributed by atoms with van der Waals surface area (Å²) in [7, 11) is 0. The molecule has 2 N–H and O–H groups in total. The maximum Gasteiger partial charge on any atom is 0.319 e. The molecule has 21 heavy (non-hydrogen) atoms. The zero-order valence-corrected chi connectivity index (χ0v) is 11.0. The van der Waals surface area contributed by atoms with E-state index < -0.39 is 6.03 Å². The van der Waals surface area contributed by atoms with Gasteiger partial charge in [-0.1, -0.05) is 6.07 Å². The molecule has 0 radical (unpaired) electrons. The van der Waals surface area contributed by atoms with Gasteiger partial charge in [-0.15, -0.1) is 10.2 Å². The number of urea groups is 1. The van der Waals surface area contributed by atoms with Crippen LogP contribution in [0.5, 0.6) is 0 Å². The van der Waals surface area contributed by atoms with Gasteiger partial charge in [0.1, 0.15) is 5.82 Å². The molecule has 6 nitrogen and oxygen atoms in total. The molecule has 3 rings (SSSR count). The third-order valence-electron chi connectivity index (χ3n) is 2.89. The Kier molecular flexibility index (Phi) is 3.46. The lowest BCUT2D eigenvalue weighted by Crippen LogP contribution is -2.28. The second kappa shape index (κ2) is 5.58. The van der Waals surface area contributed by atoms with E-state index in [1.54, 1.807) is 4.40 Å². The van der Waals surface area contributed by atoms with Crippen molar-refractivity contribution in [2.24, 2.45) is 0 Å². The van der Waals surface area contributed by atoms with Gasteiger partial charge in [0.15, 0.2) is 11.5 Å². The number of hydrogen-bond donors (Lipinski definition) is 2. The lowest BCUT2D eigenvalue weighted by Gasteiger charge is -2.06. The molecule has 0 bridgehead atoms. The first-order valence-electron chi connectivity index (χ1n) is 6.31. The molecule has 2 aromatic heterocycles. The Morgan fingerprint density at radius 3 is 2.76 bits per heavy atom. The molecule has 0 atom stereocenters. The van der Waals surface area contributed by atoms with Crippen molar-refractivity contribution >= 4 is 17.4 Å². The molecule has 0 spiro atoms. The standard InChI is InChI=1S/C14H12FN5O/c15-10-4-6-11(7-5-10)17-14(21)16-9-13-19-18-12-3-1-2-8-20(12)13/h1-8H,9H2,(H2,16,17,21). The molecule has 0 aliphatic rings. The minimum atomic E-state index is -0.394. The summed E-state index contributed by atoms with van der Waals surface area (Å²) in [6, 6.07) is 10.7. The largest absolute Gasteiger partial charge is 0.331 e. The summed E-state index contributed by atoms with van der Waals surface area (Å²) in [5, 5.41) is 13.3. The quantitative estimate of drug-likeness (QED) is 0.775. The molecule has 2 amide bonds. The Morgan fingerprint density at radius 1 is 1.14 bits per heavy atom. The fourth-order valence-corrected chi connectivity index (χ4v) is 1.88. The monoisotopic (exact) mass is 285 g/mol. The van der Waals surface area contributed by atoms with Crippen LogP contribution in [-0.4, -0.2) is 20.6 Å². The van der Waals surface area contributed by atoms with Crippen molar-refractivity contribution in [1.29, 1.82) is 0 Å². The first kappa shape index (κ1) is 13.0. The van der Waals surface area contributed by atoms with Crippen LogP contribution in [0.25, 0.3) is 5.65 Å². The van der Waals surface area contributed by atoms with Gasteiger partial charge >= 0.3 is 6.03 Å². The molecular weight excluding hydrogens is 273 g/mol. The van der Waals surface area contributed by atoms with Crippen molar-refractivity contribution in [2.75, 3.05) is 5.32 Å². The van der Waals surface area contributed by atoms with Gasteiger partial charge < -0.3 is 10.6 Å². The van der Waals surface area contributed by atoms with Gasteiger partial charge in [0.2, 0.25) is 0 Å². The molecule has 7 heteroatoms. The summed E-state index contributed by atoms with van der Waals surface area (Å²) < 4.78 is 14.5. The number of pyridine rings is 1. The van der Waals surface area contributed by atoms with Crippen LogP contribution < -0.4 is 10.6 Å². The number of benzene rings is 1. The van der Waals surface area contributed by atoms with Crippen LogP contribution in [0.2, 0.25) is 0 Å². The van der Waals surface area contributed by atoms with E-state index in [2.05, 4.69) is 20.8 Å². The smallest absolute Gasteiger partial charge is 0.319 e. The number of halogens is 1. The summed E-state index contributed by atoms with van der Waals surface area (Å²) in [6.45, 7) is 0.234. The van der Waals surface area contributed by atoms with Crippen LogP contribution in [-0.2, 0) is 6.54 Å². The van der Waals surface area contributed by atoms with Crippen LogP contribution in [0.15, 0.2) is 48.7 Å². The average Bonchev–Trinajstić information content (AvgIpc) is 2.91. The number of nitrogens with zero attached hydrogens (tertiary/aromatic N) is 3. The second-order valence-corrected chi connectivity index (χ2v) is 4.36. The maximum atomic E-state index is 12.8. The van der Waals surface area contributed by atoms with Gasteiger partial charge in [-0.3, -0.25) is 4.40 Å². The minimum Gasteiger partial charge on any atom is -0.331 e. The fourth-order valence-electron chi connectivity index (χ4n) is 1.88. The highest BCUT2D eigenvalue weighted by Crippen LogP contribution is 2.08. The van der Waals surface area contributed by atoms with Gasteiger partial charge in [0, 0.05) is 11.9 Å². The summed E-state index contributed by atoms with van der Waals surface area (Å²) in [5.74, 6) is 0.274. The Labute approximate surface area is 119 Å². The SMILES string of the molecule is O=C(NCc1nnc2ccccn12)Nc1ccc(F)cc1. The molecule has 0 saturated carbocycles. The molecule has 0 aliphatic carbocycles. The van der Waals surface area contributed by atoms with E-state index in [0.29, 0.717) is 17.2 Å². The van der Waals surface area contributed by atoms with Crippen molar-refractivity contribution in [3.8, 4) is 0 Å². The number of hydrogen-bond acceptors (Lipinski definition) is 3. The number of carbonyl (C=O) groups excluding carboxylic acids is 1. The van der Waals surface area contributed by atoms with Crippen LogP contribution in [0.4, 0.5) is 14.9 Å². The van der Waals surface area contributed by atoms with E-state index in [4.69, 9.17) is 0 Å². The van der Waals surface area contributed by atoms with Crippen LogP contribution in [0, 0.1) is 5.82 Å². The Morgan fingerprint density at radius 2 is 1.95 bits per heavy atom. The highest BCUT2D eigenvalue weighted by Gasteiger charge is 2.07. The maximum absolute atomic E-state index is 12.8. The second-order valence-electron chi connectivity index (χ2n) is 4.36. The van der Waals surface area contributed by atoms with Gasteiger partial charge in [-0.25, -0.2) is 9.18 Å². The number of aromatic nitrogens is 3. The highest BCUT2D eigenvalue weighted by molar-refractivity contribution is 5.89. The number of amides is 2. The van der Waals surface area contributed by atoms with E-state index in [1.807, 2.05) is 24.4 Å². The molecule has 1 aromatic carbocycles. The van der Waals surface area contributed by atoms with Crippen LogP contribution in [0.1, 0.15) is 5.82 Å². The van der Waals surface area contributed by atoms with E-state index in [1.165, 1.54) is 24.3 Å². The molecule has 0 saturated heterocycles. The molecule has 0 fully saturated rings. The van der Waals surface area contributed by atoms with Crippen molar-refractivity contribution in [2.45, 2.75) is 6.54 Å². The van der Waals surface area contributed by atoms with Crippen molar-refractivity contribution < 1.29 is 9.18 Å². The number of rotatable bonds is 3. The zero-order chi connectivity index (χ0) is 14.7. The van der Waals surface area contributed by atoms with Crippen LogP contribution in [0.3, 0.4) is 0 Å². The van der Waals surface area contributed by atoms with Gasteiger partial charge in [-0.05, 0) is 36.4 Å². The fraction of sp³-hybridized carbons (Fsp3) is 0.0714. The topological polar surface area (TPSA) is 71.3 Å². The minimum absolute atomic E-state index is 0.234. The van der Waals surface area contributed by atoms with E-state index in [-0.39, 0.29) is 12.4 Å². The number of carbonyl (C=O) groups is 1. The van der Waals surface area contributed by atoms with Gasteiger partial charge in [0.05, 0.1) is 6.54 Å². The molecule has 0 unspecified atom stereocenters. The van der Waals surface area contributed by atoms with Gasteiger partial charge in [-0.2, -0.15) is 0 Å². The first-order valence-corrected chi connectivity index (χ1v) is 6.31. The third-order valence-corrected chi connectivity index (χ3v) is 2.89. The Bertz CT molecular complexity index is 768. The zero-order valence-electron chi connectivity index (χ0n) is 11.0. The van der Waals surface area contributed by atoms with Crippen molar-refractivity contribution in [3.05, 3.63) is 60.3 Å². The lowest BCUT2D eigenvalue weighted by atomic mass is 10.3. The average molecular weight is 285 g/mol. The first-order chi connectivity index (χ1) is 10.2. The summed E-state index contributed by atoms with van der Waals surface area (Å²) in [5.41, 5.74) is 1.23. The van der Waals surface area contributed by atoms with Crippen LogP contribution >= 0.6 is 0 Å². The molecular formula is C14H12FN5O. The molecule has 3 aromatic rings. The van der Waals surface area contributed by atoms with Crippen molar-refractivity contribution in [3.63, 3.8) is 0 Å². The molecule has 2 heterocycles. The summed E-state index contributed by atoms with van der Waals surface area (Å²) >= 11 is 0. The molecule has 0 aliphatic heterocycles. The Balaban J connectivity index is 1.62. The predicted octanol–water partition coefficient (Wildman–Crippen LogP) is 2.19. The van der Waals surface area contributed by atoms with Crippen molar-refractivity contribution in [1.82, 2.24) is 19.9 Å². The third kappa shape index (κ3) is 2.97. The molecule has 106 valence electrons.